The number of carbonyl (C=O) groups excluding carboxylic acids is 4. The minimum atomic E-state index is -3.39. The molecule has 0 rings (SSSR count). The molecule has 3 atom stereocenters. The quantitative estimate of drug-likeness (QED) is 0.119. The fourth-order valence-corrected chi connectivity index (χ4v) is 4.45. The molecule has 0 aromatic rings. The summed E-state index contributed by atoms with van der Waals surface area (Å²) in [5.41, 5.74) is 0. The molecule has 0 bridgehead atoms. The van der Waals surface area contributed by atoms with Crippen molar-refractivity contribution in [2.75, 3.05) is 26.4 Å². The van der Waals surface area contributed by atoms with E-state index in [0.29, 0.717) is 19.4 Å². The number of rotatable bonds is 18. The van der Waals surface area contributed by atoms with Gasteiger partial charge in [-0.25, -0.2) is 14.4 Å². The maximum atomic E-state index is 13.0. The maximum absolute atomic E-state index is 13.0. The van der Waals surface area contributed by atoms with Crippen LogP contribution in [0.25, 0.3) is 0 Å². The third-order valence-corrected chi connectivity index (χ3v) is 6.58. The third kappa shape index (κ3) is 13.6. The molecule has 35 heavy (non-hydrogen) atoms. The normalized spacial score (nSPS) is 14.1. The summed E-state index contributed by atoms with van der Waals surface area (Å²) in [4.78, 5) is 49.1. The molecule has 0 aromatic heterocycles. The van der Waals surface area contributed by atoms with E-state index >= 15 is 0 Å². The van der Waals surface area contributed by atoms with Crippen molar-refractivity contribution in [1.29, 1.82) is 0 Å². The monoisotopic (exact) mass is 522 g/mol. The van der Waals surface area contributed by atoms with Gasteiger partial charge in [-0.1, -0.05) is 13.8 Å². The van der Waals surface area contributed by atoms with Crippen LogP contribution in [0.15, 0.2) is 0 Å². The van der Waals surface area contributed by atoms with Crippen LogP contribution < -0.4 is 21.0 Å². The number of amides is 3. The number of hydrogen-bond acceptors (Lipinski definition) is 8. The lowest BCUT2D eigenvalue weighted by Crippen LogP contribution is -2.56. The molecule has 0 aromatic carbocycles. The first-order valence-electron chi connectivity index (χ1n) is 12.1. The Balaban J connectivity index is 5.23. The summed E-state index contributed by atoms with van der Waals surface area (Å²) in [6.07, 6.45) is 1.23. The molecule has 13 heteroatoms. The first-order valence-corrected chi connectivity index (χ1v) is 13.6. The number of hydrogen-bond donors (Lipinski definition) is 4. The van der Waals surface area contributed by atoms with Crippen LogP contribution in [0.4, 0.5) is 0 Å². The highest BCUT2D eigenvalue weighted by atomic mass is 31.2. The molecule has 0 radical (unpaired) electrons. The van der Waals surface area contributed by atoms with Crippen molar-refractivity contribution >= 4 is 31.4 Å². The molecule has 0 saturated heterocycles. The van der Waals surface area contributed by atoms with Crippen molar-refractivity contribution in [2.24, 2.45) is 5.92 Å². The Kier molecular flexibility index (Phi) is 16.4. The fraction of sp³-hybridized carbons (Fsp3) is 0.818. The van der Waals surface area contributed by atoms with Gasteiger partial charge in [0.25, 0.3) is 0 Å². The molecule has 0 unspecified atom stereocenters. The van der Waals surface area contributed by atoms with Gasteiger partial charge < -0.3 is 20.7 Å². The second-order valence-electron chi connectivity index (χ2n) is 8.20. The van der Waals surface area contributed by atoms with Crippen molar-refractivity contribution in [1.82, 2.24) is 21.0 Å². The molecule has 4 N–H and O–H groups in total. The number of unbranched alkanes of at least 4 members (excludes halogenated alkanes) is 1. The Bertz CT molecular complexity index is 724. The highest BCUT2D eigenvalue weighted by molar-refractivity contribution is 7.51. The lowest BCUT2D eigenvalue weighted by Gasteiger charge is -2.25. The van der Waals surface area contributed by atoms with E-state index in [1.807, 2.05) is 0 Å². The summed E-state index contributed by atoms with van der Waals surface area (Å²) >= 11 is 0. The van der Waals surface area contributed by atoms with Crippen LogP contribution in [-0.2, 0) is 37.5 Å². The van der Waals surface area contributed by atoms with Crippen LogP contribution in [0.2, 0.25) is 0 Å². The van der Waals surface area contributed by atoms with Gasteiger partial charge >= 0.3 is 13.7 Å². The highest BCUT2D eigenvalue weighted by Crippen LogP contribution is 2.43. The van der Waals surface area contributed by atoms with Gasteiger partial charge in [-0.2, -0.15) is 0 Å². The maximum Gasteiger partial charge on any atom is 0.405 e. The van der Waals surface area contributed by atoms with Crippen molar-refractivity contribution in [2.45, 2.75) is 85.9 Å². The number of carbonyl (C=O) groups is 4. The minimum Gasteiger partial charge on any atom is -0.464 e. The zero-order chi connectivity index (χ0) is 27.0. The van der Waals surface area contributed by atoms with E-state index in [9.17, 15) is 23.7 Å². The Labute approximate surface area is 208 Å². The molecule has 3 amide bonds. The highest BCUT2D eigenvalue weighted by Gasteiger charge is 2.30. The summed E-state index contributed by atoms with van der Waals surface area (Å²) in [7, 11) is -3.39. The van der Waals surface area contributed by atoms with E-state index in [1.54, 1.807) is 34.6 Å². The fourth-order valence-electron chi connectivity index (χ4n) is 3.08. The second kappa shape index (κ2) is 17.4. The van der Waals surface area contributed by atoms with Gasteiger partial charge in [0.1, 0.15) is 18.1 Å². The zero-order valence-corrected chi connectivity index (χ0v) is 22.9. The predicted octanol–water partition coefficient (Wildman–Crippen LogP) is 1.64. The lowest BCUT2D eigenvalue weighted by molar-refractivity contribution is -0.149. The third-order valence-electron chi connectivity index (χ3n) is 4.77. The van der Waals surface area contributed by atoms with E-state index in [2.05, 4.69) is 21.0 Å². The minimum absolute atomic E-state index is 0.173. The van der Waals surface area contributed by atoms with E-state index in [0.717, 1.165) is 0 Å². The summed E-state index contributed by atoms with van der Waals surface area (Å²) in [6, 6.07) is -2.68. The molecular weight excluding hydrogens is 479 g/mol. The van der Waals surface area contributed by atoms with Gasteiger partial charge in [0.2, 0.25) is 17.7 Å². The Morgan fingerprint density at radius 1 is 0.829 bits per heavy atom. The van der Waals surface area contributed by atoms with Gasteiger partial charge in [-0.15, -0.1) is 0 Å². The number of esters is 1. The molecule has 0 aliphatic rings. The van der Waals surface area contributed by atoms with Crippen LogP contribution in [0.5, 0.6) is 0 Å². The van der Waals surface area contributed by atoms with Crippen LogP contribution >= 0.6 is 7.75 Å². The van der Waals surface area contributed by atoms with Crippen LogP contribution in [0.3, 0.4) is 0 Å². The van der Waals surface area contributed by atoms with E-state index in [-0.39, 0.29) is 38.1 Å². The van der Waals surface area contributed by atoms with Gasteiger partial charge in [-0.3, -0.25) is 23.4 Å². The van der Waals surface area contributed by atoms with Crippen LogP contribution in [0, 0.1) is 5.92 Å². The first kappa shape index (κ1) is 33.0. The number of ether oxygens (including phenoxy) is 1. The summed E-state index contributed by atoms with van der Waals surface area (Å²) < 4.78 is 27.9. The van der Waals surface area contributed by atoms with Crippen molar-refractivity contribution in [3.05, 3.63) is 0 Å². The van der Waals surface area contributed by atoms with E-state index in [1.165, 1.54) is 13.8 Å². The predicted molar refractivity (Wildman–Crippen MR) is 131 cm³/mol. The molecule has 204 valence electrons. The van der Waals surface area contributed by atoms with Crippen molar-refractivity contribution < 1.29 is 37.5 Å². The van der Waals surface area contributed by atoms with Crippen LogP contribution in [0.1, 0.15) is 67.7 Å². The lowest BCUT2D eigenvalue weighted by atomic mass is 10.0. The molecule has 0 fully saturated rings. The van der Waals surface area contributed by atoms with Gasteiger partial charge in [0, 0.05) is 13.5 Å². The topological polar surface area (TPSA) is 161 Å². The van der Waals surface area contributed by atoms with Crippen molar-refractivity contribution in [3.63, 3.8) is 0 Å². The molecule has 0 heterocycles. The van der Waals surface area contributed by atoms with E-state index < -0.39 is 43.7 Å². The molecule has 12 nitrogen and oxygen atoms in total. The van der Waals surface area contributed by atoms with Gasteiger partial charge in [-0.05, 0) is 52.9 Å². The molecule has 0 spiro atoms. The molecule has 0 aliphatic carbocycles. The smallest absolute Gasteiger partial charge is 0.405 e. The van der Waals surface area contributed by atoms with Gasteiger partial charge in [0.15, 0.2) is 0 Å². The standard InChI is InChI=1S/C22H43N4O8P/c1-8-32-22(30)19(15(4)5)26-21(29)18(25-20(28)16(6)24-17(7)27)13-11-12-14-23-35(31,33-9-2)34-10-3/h15-16,18-19H,8-14H2,1-7H3,(H,23,31)(H,24,27)(H,25,28)(H,26,29)/t16-,18+,19-/m1/s1. The summed E-state index contributed by atoms with van der Waals surface area (Å²) in [5.74, 6) is -2.24. The molecule has 0 aliphatic heterocycles. The molecule has 0 saturated carbocycles. The Hall–Kier alpha value is -2.01. The SMILES string of the molecule is CCOC(=O)[C@H](NC(=O)[C@H](CCCCNP(=O)(OCC)OCC)NC(=O)[C@@H](C)NC(C)=O)C(C)C. The Morgan fingerprint density at radius 3 is 1.91 bits per heavy atom. The zero-order valence-electron chi connectivity index (χ0n) is 22.0. The molecular formula is C22H43N4O8P. The van der Waals surface area contributed by atoms with Crippen molar-refractivity contribution in [3.8, 4) is 0 Å². The number of nitrogens with one attached hydrogen (secondary N) is 4. The summed E-state index contributed by atoms with van der Waals surface area (Å²) in [5, 5.41) is 10.6. The second-order valence-corrected chi connectivity index (χ2v) is 10.0. The van der Waals surface area contributed by atoms with Crippen LogP contribution in [-0.4, -0.2) is 68.2 Å². The Morgan fingerprint density at radius 2 is 1.43 bits per heavy atom. The van der Waals surface area contributed by atoms with Gasteiger partial charge in [0.05, 0.1) is 19.8 Å². The average molecular weight is 523 g/mol. The van der Waals surface area contributed by atoms with E-state index in [4.69, 9.17) is 13.8 Å². The average Bonchev–Trinajstić information content (AvgIpc) is 2.75. The largest absolute Gasteiger partial charge is 0.464 e. The summed E-state index contributed by atoms with van der Waals surface area (Å²) in [6.45, 7) is 12.4. The first-order chi connectivity index (χ1) is 16.4.